The van der Waals surface area contributed by atoms with Crippen molar-refractivity contribution in [2.24, 2.45) is 0 Å². The summed E-state index contributed by atoms with van der Waals surface area (Å²) in [6.07, 6.45) is 2.32. The molecule has 76 valence electrons. The van der Waals surface area contributed by atoms with Crippen molar-refractivity contribution in [3.63, 3.8) is 0 Å². The number of carbonyl (C=O) groups is 1. The van der Waals surface area contributed by atoms with Crippen LogP contribution in [-0.2, 0) is 0 Å². The highest BCUT2D eigenvalue weighted by atomic mass is 32.1. The summed E-state index contributed by atoms with van der Waals surface area (Å²) in [4.78, 5) is 11.6. The van der Waals surface area contributed by atoms with Crippen molar-refractivity contribution >= 4 is 17.2 Å². The normalized spacial score (nSPS) is 26.4. The standard InChI is InChI=1S/C10H13NO2S/c12-9-3-1-2-8(9)11-10(13)7-4-5-14-6-7/h4-6,8-9,12H,1-3H2,(H,11,13). The van der Waals surface area contributed by atoms with Gasteiger partial charge in [0.05, 0.1) is 12.1 Å². The molecule has 1 heterocycles. The van der Waals surface area contributed by atoms with Gasteiger partial charge in [-0.15, -0.1) is 0 Å². The Balaban J connectivity index is 1.95. The molecular weight excluding hydrogens is 198 g/mol. The number of aliphatic hydroxyl groups is 1. The third kappa shape index (κ3) is 1.96. The summed E-state index contributed by atoms with van der Waals surface area (Å²) in [5, 5.41) is 16.1. The van der Waals surface area contributed by atoms with Crippen LogP contribution in [0.3, 0.4) is 0 Å². The van der Waals surface area contributed by atoms with Crippen molar-refractivity contribution < 1.29 is 9.90 Å². The third-order valence-electron chi connectivity index (χ3n) is 2.58. The molecule has 2 atom stereocenters. The number of amides is 1. The minimum absolute atomic E-state index is 0.0533. The number of aliphatic hydroxyl groups excluding tert-OH is 1. The zero-order chi connectivity index (χ0) is 9.97. The lowest BCUT2D eigenvalue weighted by Crippen LogP contribution is -2.39. The first-order chi connectivity index (χ1) is 6.77. The lowest BCUT2D eigenvalue weighted by Gasteiger charge is -2.15. The first-order valence-corrected chi connectivity index (χ1v) is 5.73. The van der Waals surface area contributed by atoms with E-state index < -0.39 is 0 Å². The monoisotopic (exact) mass is 211 g/mol. The Bertz CT molecular complexity index is 310. The van der Waals surface area contributed by atoms with E-state index in [2.05, 4.69) is 5.32 Å². The molecule has 4 heteroatoms. The van der Waals surface area contributed by atoms with Crippen molar-refractivity contribution in [1.82, 2.24) is 5.32 Å². The van der Waals surface area contributed by atoms with Gasteiger partial charge in [0.25, 0.3) is 5.91 Å². The van der Waals surface area contributed by atoms with E-state index in [0.29, 0.717) is 5.56 Å². The van der Waals surface area contributed by atoms with Gasteiger partial charge in [0.15, 0.2) is 0 Å². The number of carbonyl (C=O) groups excluding carboxylic acids is 1. The Morgan fingerprint density at radius 3 is 3.00 bits per heavy atom. The molecule has 1 aliphatic carbocycles. The van der Waals surface area contributed by atoms with Crippen molar-refractivity contribution in [2.45, 2.75) is 31.4 Å². The fourth-order valence-corrected chi connectivity index (χ4v) is 2.39. The van der Waals surface area contributed by atoms with E-state index >= 15 is 0 Å². The Labute approximate surface area is 86.8 Å². The number of thiophene rings is 1. The molecule has 1 fully saturated rings. The highest BCUT2D eigenvalue weighted by Gasteiger charge is 2.26. The van der Waals surface area contributed by atoms with E-state index in [-0.39, 0.29) is 18.1 Å². The molecule has 2 N–H and O–H groups in total. The maximum absolute atomic E-state index is 11.6. The van der Waals surface area contributed by atoms with E-state index in [0.717, 1.165) is 19.3 Å². The smallest absolute Gasteiger partial charge is 0.252 e. The Morgan fingerprint density at radius 2 is 2.43 bits per heavy atom. The summed E-state index contributed by atoms with van der Waals surface area (Å²) < 4.78 is 0. The van der Waals surface area contributed by atoms with Crippen molar-refractivity contribution in [3.05, 3.63) is 22.4 Å². The second-order valence-electron chi connectivity index (χ2n) is 3.59. The molecule has 2 rings (SSSR count). The number of nitrogens with one attached hydrogen (secondary N) is 1. The molecule has 0 radical (unpaired) electrons. The summed E-state index contributed by atoms with van der Waals surface area (Å²) >= 11 is 1.50. The van der Waals surface area contributed by atoms with Gasteiger partial charge in [0, 0.05) is 10.9 Å². The quantitative estimate of drug-likeness (QED) is 0.776. The molecule has 0 aromatic carbocycles. The SMILES string of the molecule is O=C(NC1CCCC1O)c1ccsc1. The number of hydrogen-bond donors (Lipinski definition) is 2. The fourth-order valence-electron chi connectivity index (χ4n) is 1.75. The van der Waals surface area contributed by atoms with Crippen molar-refractivity contribution in [3.8, 4) is 0 Å². The van der Waals surface area contributed by atoms with Crippen LogP contribution in [0.4, 0.5) is 0 Å². The first-order valence-electron chi connectivity index (χ1n) is 4.78. The topological polar surface area (TPSA) is 49.3 Å². The lowest BCUT2D eigenvalue weighted by atomic mass is 10.2. The van der Waals surface area contributed by atoms with Crippen LogP contribution in [0.15, 0.2) is 16.8 Å². The summed E-state index contributed by atoms with van der Waals surface area (Å²) in [5.74, 6) is -0.0720. The van der Waals surface area contributed by atoms with E-state index in [1.54, 1.807) is 6.07 Å². The van der Waals surface area contributed by atoms with Crippen LogP contribution in [0.5, 0.6) is 0 Å². The zero-order valence-electron chi connectivity index (χ0n) is 7.77. The summed E-state index contributed by atoms with van der Waals surface area (Å²) in [6, 6.07) is 1.74. The highest BCUT2D eigenvalue weighted by Crippen LogP contribution is 2.19. The molecule has 0 bridgehead atoms. The van der Waals surface area contributed by atoms with Gasteiger partial charge in [-0.05, 0) is 30.7 Å². The molecular formula is C10H13NO2S. The summed E-state index contributed by atoms with van der Waals surface area (Å²) in [7, 11) is 0. The average Bonchev–Trinajstić information content (AvgIpc) is 2.77. The molecule has 0 spiro atoms. The molecule has 3 nitrogen and oxygen atoms in total. The highest BCUT2D eigenvalue weighted by molar-refractivity contribution is 7.08. The number of rotatable bonds is 2. The van der Waals surface area contributed by atoms with Crippen LogP contribution in [0.25, 0.3) is 0 Å². The van der Waals surface area contributed by atoms with Crippen molar-refractivity contribution in [1.29, 1.82) is 0 Å². The van der Waals surface area contributed by atoms with Crippen LogP contribution >= 0.6 is 11.3 Å². The predicted molar refractivity (Wildman–Crippen MR) is 55.4 cm³/mol. The second-order valence-corrected chi connectivity index (χ2v) is 4.37. The summed E-state index contributed by atoms with van der Waals surface area (Å²) in [6.45, 7) is 0. The van der Waals surface area contributed by atoms with Gasteiger partial charge in [-0.2, -0.15) is 11.3 Å². The predicted octanol–water partition coefficient (Wildman–Crippen LogP) is 1.39. The lowest BCUT2D eigenvalue weighted by molar-refractivity contribution is 0.0873. The fraction of sp³-hybridized carbons (Fsp3) is 0.500. The first kappa shape index (κ1) is 9.68. The molecule has 14 heavy (non-hydrogen) atoms. The molecule has 1 aromatic rings. The van der Waals surface area contributed by atoms with Crippen LogP contribution in [0.1, 0.15) is 29.6 Å². The average molecular weight is 211 g/mol. The van der Waals surface area contributed by atoms with Gasteiger partial charge in [0.2, 0.25) is 0 Å². The van der Waals surface area contributed by atoms with E-state index in [9.17, 15) is 9.90 Å². The van der Waals surface area contributed by atoms with Crippen LogP contribution in [0.2, 0.25) is 0 Å². The van der Waals surface area contributed by atoms with Gasteiger partial charge in [-0.1, -0.05) is 0 Å². The maximum atomic E-state index is 11.6. The van der Waals surface area contributed by atoms with Crippen molar-refractivity contribution in [2.75, 3.05) is 0 Å². The molecule has 0 aliphatic heterocycles. The molecule has 1 amide bonds. The van der Waals surface area contributed by atoms with E-state index in [4.69, 9.17) is 0 Å². The Morgan fingerprint density at radius 1 is 1.57 bits per heavy atom. The van der Waals surface area contributed by atoms with Crippen LogP contribution in [0, 0.1) is 0 Å². The molecule has 1 aliphatic rings. The van der Waals surface area contributed by atoms with Gasteiger partial charge in [-0.25, -0.2) is 0 Å². The van der Waals surface area contributed by atoms with Gasteiger partial charge >= 0.3 is 0 Å². The summed E-state index contributed by atoms with van der Waals surface area (Å²) in [5.41, 5.74) is 0.689. The minimum Gasteiger partial charge on any atom is -0.391 e. The molecule has 2 unspecified atom stereocenters. The maximum Gasteiger partial charge on any atom is 0.252 e. The second kappa shape index (κ2) is 4.11. The van der Waals surface area contributed by atoms with Gasteiger partial charge in [-0.3, -0.25) is 4.79 Å². The zero-order valence-corrected chi connectivity index (χ0v) is 8.59. The Kier molecular flexibility index (Phi) is 2.84. The van der Waals surface area contributed by atoms with E-state index in [1.807, 2.05) is 10.8 Å². The molecule has 0 saturated heterocycles. The molecule has 1 aromatic heterocycles. The van der Waals surface area contributed by atoms with E-state index in [1.165, 1.54) is 11.3 Å². The minimum atomic E-state index is -0.363. The van der Waals surface area contributed by atoms with Crippen LogP contribution in [-0.4, -0.2) is 23.2 Å². The largest absolute Gasteiger partial charge is 0.391 e. The van der Waals surface area contributed by atoms with Gasteiger partial charge in [0.1, 0.15) is 0 Å². The number of hydrogen-bond acceptors (Lipinski definition) is 3. The molecule has 1 saturated carbocycles. The Hall–Kier alpha value is -0.870. The third-order valence-corrected chi connectivity index (χ3v) is 3.26. The van der Waals surface area contributed by atoms with Crippen LogP contribution < -0.4 is 5.32 Å². The van der Waals surface area contributed by atoms with Gasteiger partial charge < -0.3 is 10.4 Å².